The summed E-state index contributed by atoms with van der Waals surface area (Å²) in [7, 11) is 5.50. The summed E-state index contributed by atoms with van der Waals surface area (Å²) in [4.78, 5) is 36.9. The predicted molar refractivity (Wildman–Crippen MR) is 320 cm³/mol. The number of amides is 2. The molecule has 8 heterocycles. The van der Waals surface area contributed by atoms with E-state index in [-0.39, 0.29) is 54.5 Å². The third-order valence-corrected chi connectivity index (χ3v) is 11.8. The van der Waals surface area contributed by atoms with Crippen LogP contribution in [-0.2, 0) is 78.1 Å². The van der Waals surface area contributed by atoms with Crippen LogP contribution in [0.4, 0.5) is 11.6 Å². The standard InChI is InChI=1S/C15H17N3O2.C15H19N3O.C10H9BrN2.C5H9NO2.C5H8O2.C4H8O.CH3B.CH4O.2CH4.CH3.Pd/c19-15-7-10-20-11-9-18(15)14-6-8-17(16-14)12-13-4-2-1-3-5-13;1-2-5-14(6-3-1)13-18-9-7-15(16-18)17-8-4-11-19-12-10-17;11-10-6-7-13(12-10)8-9-4-2-1-3-5-9;7-5-1-3-8-4-2-6-5;6-5-1-3-7-4-2-5;1-2-4-5-3-1;2*1-2;;;;/h1-6,8H,7,9-12H2;1-3,5-7,9H,4,8,10-13H2;1-7H,8H2;1-4H2,(H,6,7);1-4H2;1-4H2;1H3;2H,1H3;2*1H4;1H3;/q;;;;;;;;;;-1;. The van der Waals surface area contributed by atoms with Gasteiger partial charge in [0.1, 0.15) is 10.4 Å². The number of anilines is 2. The van der Waals surface area contributed by atoms with Crippen molar-refractivity contribution in [3.05, 3.63) is 157 Å². The van der Waals surface area contributed by atoms with E-state index < -0.39 is 0 Å². The maximum Gasteiger partial charge on any atom is 0.230 e. The fourth-order valence-electron chi connectivity index (χ4n) is 7.55. The minimum atomic E-state index is 0. The van der Waals surface area contributed by atoms with Crippen LogP contribution in [0.15, 0.2) is 132 Å². The van der Waals surface area contributed by atoms with Crippen LogP contribution < -0.4 is 15.1 Å². The number of carbonyl (C=O) groups is 3. The summed E-state index contributed by atoms with van der Waals surface area (Å²) in [5.41, 5.74) is 3.72. The number of nitrogens with one attached hydrogen (secondary N) is 1. The van der Waals surface area contributed by atoms with E-state index in [1.807, 2.05) is 87.2 Å². The van der Waals surface area contributed by atoms with E-state index in [1.54, 1.807) is 4.90 Å². The quantitative estimate of drug-likeness (QED) is 0.109. The minimum absolute atomic E-state index is 0. The molecule has 0 spiro atoms. The van der Waals surface area contributed by atoms with Gasteiger partial charge in [0, 0.05) is 117 Å². The summed E-state index contributed by atoms with van der Waals surface area (Å²) in [5.74, 6) is 2.28. The first kappa shape index (κ1) is 74.7. The second-order valence-electron chi connectivity index (χ2n) is 17.1. The van der Waals surface area contributed by atoms with Crippen molar-refractivity contribution >= 4 is 53.0 Å². The number of carbonyl (C=O) groups excluding carboxylic acids is 3. The van der Waals surface area contributed by atoms with E-state index in [2.05, 4.69) is 104 Å². The number of ether oxygens (including phenoxy) is 5. The molecule has 18 nitrogen and oxygen atoms in total. The Kier molecular flexibility index (Phi) is 44.2. The number of halogens is 1. The zero-order chi connectivity index (χ0) is 54.3. The Bertz CT molecular complexity index is 2400. The molecule has 3 aromatic heterocycles. The molecule has 2 radical (unpaired) electrons. The molecule has 0 unspecified atom stereocenters. The first-order valence-corrected chi connectivity index (χ1v) is 26.8. The van der Waals surface area contributed by atoms with Gasteiger partial charge in [-0.2, -0.15) is 15.3 Å². The van der Waals surface area contributed by atoms with E-state index >= 15 is 0 Å². The zero-order valence-corrected chi connectivity index (χ0v) is 48.8. The van der Waals surface area contributed by atoms with Crippen LogP contribution in [-0.4, -0.2) is 159 Å². The minimum Gasteiger partial charge on any atom is -0.400 e. The van der Waals surface area contributed by atoms with Crippen LogP contribution in [0, 0.1) is 7.43 Å². The SMILES string of the molecule is Brc1ccn(Cc2ccccc2)n1.C.C.C1CCOC1.CO.O=C1CCOCC1.O=C1CCOCCN1.O=C1CCOCCN1c1ccn(Cc2ccccc2)n1.[B]C.[CH3-].[Pd].c1ccc(Cn2ccc(N3CCCOCC3)n2)cc1. The number of Topliss-reactive ketones (excluding diaryl/α,β-unsaturated/α-hetero) is 1. The molecule has 3 aromatic carbocycles. The van der Waals surface area contributed by atoms with Gasteiger partial charge in [-0.05, 0) is 57.9 Å². The number of hydrogen-bond donors (Lipinski definition) is 2. The van der Waals surface area contributed by atoms with Gasteiger partial charge in [-0.25, -0.2) is 0 Å². The van der Waals surface area contributed by atoms with Crippen LogP contribution >= 0.6 is 15.9 Å². The molecule has 5 fully saturated rings. The van der Waals surface area contributed by atoms with Crippen LogP contribution in [0.5, 0.6) is 0 Å². The van der Waals surface area contributed by atoms with Crippen molar-refractivity contribution in [3.63, 3.8) is 0 Å². The molecule has 0 atom stereocenters. The maximum absolute atomic E-state index is 12.0. The first-order chi connectivity index (χ1) is 37.4. The van der Waals surface area contributed by atoms with Crippen molar-refractivity contribution in [2.24, 2.45) is 0 Å². The van der Waals surface area contributed by atoms with Crippen molar-refractivity contribution in [1.82, 2.24) is 34.7 Å². The van der Waals surface area contributed by atoms with Gasteiger partial charge in [0.15, 0.2) is 11.6 Å². The average Bonchev–Trinajstić information content (AvgIpc) is 4.27. The maximum atomic E-state index is 12.0. The Balaban J connectivity index is 0.000000963. The molecule has 5 saturated heterocycles. The fraction of sp³-hybridized carbons (Fsp3) is 0.475. The monoisotopic (exact) mass is 1260 g/mol. The summed E-state index contributed by atoms with van der Waals surface area (Å²) in [6.45, 7) is 14.3. The Morgan fingerprint density at radius 3 is 1.44 bits per heavy atom. The molecule has 0 saturated carbocycles. The number of rotatable bonds is 8. The Morgan fingerprint density at radius 2 is 0.938 bits per heavy atom. The summed E-state index contributed by atoms with van der Waals surface area (Å²) in [6, 6.07) is 36.7. The van der Waals surface area contributed by atoms with Crippen molar-refractivity contribution < 1.29 is 63.6 Å². The molecule has 5 aliphatic heterocycles. The third-order valence-electron chi connectivity index (χ3n) is 11.4. The molecule has 0 aliphatic carbocycles. The smallest absolute Gasteiger partial charge is 0.230 e. The molecule has 2 amide bonds. The van der Waals surface area contributed by atoms with Gasteiger partial charge < -0.3 is 46.4 Å². The molecule has 11 rings (SSSR count). The van der Waals surface area contributed by atoms with Crippen molar-refractivity contribution in [3.8, 4) is 0 Å². The summed E-state index contributed by atoms with van der Waals surface area (Å²) < 4.78 is 32.3. The van der Waals surface area contributed by atoms with Crippen molar-refractivity contribution in [1.29, 1.82) is 0 Å². The van der Waals surface area contributed by atoms with Gasteiger partial charge in [0.05, 0.1) is 86.7 Å². The second-order valence-corrected chi connectivity index (χ2v) is 17.9. The second kappa shape index (κ2) is 47.3. The van der Waals surface area contributed by atoms with Gasteiger partial charge in [-0.1, -0.05) is 113 Å². The number of ketones is 1. The first-order valence-electron chi connectivity index (χ1n) is 26.0. The molecular formula is C59H88BBrN9O9Pd-. The van der Waals surface area contributed by atoms with E-state index in [0.29, 0.717) is 96.6 Å². The van der Waals surface area contributed by atoms with Gasteiger partial charge >= 0.3 is 0 Å². The van der Waals surface area contributed by atoms with Gasteiger partial charge in [-0.3, -0.25) is 33.3 Å². The number of nitrogens with zero attached hydrogens (tertiary/aromatic N) is 8. The van der Waals surface area contributed by atoms with Crippen LogP contribution in [0.1, 0.15) is 76.5 Å². The Morgan fingerprint density at radius 1 is 0.512 bits per heavy atom. The molecule has 6 aromatic rings. The Hall–Kier alpha value is -5.33. The Labute approximate surface area is 500 Å². The largest absolute Gasteiger partial charge is 0.400 e. The van der Waals surface area contributed by atoms with Gasteiger partial charge in [0.2, 0.25) is 11.8 Å². The fourth-order valence-corrected chi connectivity index (χ4v) is 7.87. The van der Waals surface area contributed by atoms with Crippen LogP contribution in [0.2, 0.25) is 6.82 Å². The van der Waals surface area contributed by atoms with Crippen molar-refractivity contribution in [2.45, 2.75) is 86.3 Å². The molecular weight excluding hydrogens is 1180 g/mol. The normalized spacial score (nSPS) is 15.4. The molecule has 444 valence electrons. The number of benzene rings is 3. The number of aromatic nitrogens is 6. The zero-order valence-electron chi connectivity index (χ0n) is 45.7. The number of aliphatic hydroxyl groups is 1. The molecule has 21 heteroatoms. The molecule has 80 heavy (non-hydrogen) atoms. The number of hydrogen-bond acceptors (Lipinski definition) is 13. The summed E-state index contributed by atoms with van der Waals surface area (Å²) >= 11 is 3.31. The van der Waals surface area contributed by atoms with E-state index in [1.165, 1.54) is 36.4 Å². The van der Waals surface area contributed by atoms with E-state index in [9.17, 15) is 14.4 Å². The van der Waals surface area contributed by atoms with Crippen LogP contribution in [0.25, 0.3) is 0 Å². The molecule has 5 aliphatic rings. The third kappa shape index (κ3) is 31.6. The summed E-state index contributed by atoms with van der Waals surface area (Å²) in [5, 5.41) is 23.1. The number of aliphatic hydroxyl groups excluding tert-OH is 1. The van der Waals surface area contributed by atoms with E-state index in [4.69, 9.17) is 28.8 Å². The van der Waals surface area contributed by atoms with Crippen molar-refractivity contribution in [2.75, 3.05) is 109 Å². The van der Waals surface area contributed by atoms with E-state index in [0.717, 1.165) is 76.6 Å². The summed E-state index contributed by atoms with van der Waals surface area (Å²) in [6.07, 6.45) is 11.7. The molecule has 0 bridgehead atoms. The molecule has 2 N–H and O–H groups in total. The van der Waals surface area contributed by atoms with Gasteiger partial charge in [0.25, 0.3) is 0 Å². The van der Waals surface area contributed by atoms with Gasteiger partial charge in [-0.15, -0.1) is 0 Å². The predicted octanol–water partition coefficient (Wildman–Crippen LogP) is 8.75. The average molecular weight is 1260 g/mol. The topological polar surface area (TPSA) is 190 Å². The van der Waals surface area contributed by atoms with Crippen LogP contribution in [0.3, 0.4) is 0 Å².